The summed E-state index contributed by atoms with van der Waals surface area (Å²) in [4.78, 5) is 0. The highest BCUT2D eigenvalue weighted by molar-refractivity contribution is 5.21. The van der Waals surface area contributed by atoms with Crippen LogP contribution in [0.4, 0.5) is 0 Å². The molecule has 0 N–H and O–H groups in total. The Morgan fingerprint density at radius 2 is 1.55 bits per heavy atom. The predicted molar refractivity (Wildman–Crippen MR) is 94.3 cm³/mol. The van der Waals surface area contributed by atoms with Gasteiger partial charge in [-0.2, -0.15) is 0 Å². The second-order valence-electron chi connectivity index (χ2n) is 8.16. The molecule has 0 aromatic rings. The van der Waals surface area contributed by atoms with Crippen molar-refractivity contribution in [2.45, 2.75) is 39.5 Å². The third kappa shape index (κ3) is 2.36. The van der Waals surface area contributed by atoms with E-state index in [-0.39, 0.29) is 0 Å². The lowest BCUT2D eigenvalue weighted by atomic mass is 9.86. The molecule has 2 saturated carbocycles. The maximum atomic E-state index is 2.44. The van der Waals surface area contributed by atoms with Gasteiger partial charge in [0, 0.05) is 0 Å². The number of hydrogen-bond donors (Lipinski definition) is 0. The second-order valence-corrected chi connectivity index (χ2v) is 8.16. The summed E-state index contributed by atoms with van der Waals surface area (Å²) in [6, 6.07) is 0. The summed E-state index contributed by atoms with van der Waals surface area (Å²) in [6.07, 6.45) is 24.7. The van der Waals surface area contributed by atoms with Gasteiger partial charge in [0.1, 0.15) is 0 Å². The highest BCUT2D eigenvalue weighted by Gasteiger charge is 2.44. The summed E-state index contributed by atoms with van der Waals surface area (Å²) < 4.78 is 0. The van der Waals surface area contributed by atoms with Crippen LogP contribution in [0.1, 0.15) is 39.5 Å². The maximum absolute atomic E-state index is 2.44. The Bertz CT molecular complexity index is 520. The van der Waals surface area contributed by atoms with Gasteiger partial charge >= 0.3 is 0 Å². The van der Waals surface area contributed by atoms with Crippen LogP contribution in [0.25, 0.3) is 0 Å². The topological polar surface area (TPSA) is 0 Å². The number of fused-ring (bicyclic) bond motifs is 6. The van der Waals surface area contributed by atoms with Gasteiger partial charge in [-0.3, -0.25) is 0 Å². The molecule has 0 saturated heterocycles. The molecule has 0 aliphatic heterocycles. The van der Waals surface area contributed by atoms with E-state index in [4.69, 9.17) is 0 Å². The van der Waals surface area contributed by atoms with Crippen molar-refractivity contribution >= 4 is 0 Å². The summed E-state index contributed by atoms with van der Waals surface area (Å²) in [5.41, 5.74) is 0. The molecule has 22 heavy (non-hydrogen) atoms. The molecule has 5 aliphatic carbocycles. The van der Waals surface area contributed by atoms with Crippen LogP contribution in [0.5, 0.6) is 0 Å². The van der Waals surface area contributed by atoms with Crippen LogP contribution in [0.2, 0.25) is 0 Å². The van der Waals surface area contributed by atoms with Crippen molar-refractivity contribution in [3.8, 4) is 0 Å². The van der Waals surface area contributed by atoms with E-state index in [1.807, 2.05) is 0 Å². The average Bonchev–Trinajstić information content (AvgIpc) is 3.29. The van der Waals surface area contributed by atoms with Crippen LogP contribution in [0.3, 0.4) is 0 Å². The molecule has 0 radical (unpaired) electrons. The van der Waals surface area contributed by atoms with E-state index >= 15 is 0 Å². The van der Waals surface area contributed by atoms with E-state index in [2.05, 4.69) is 62.5 Å². The molecule has 2 bridgehead atoms. The Hall–Kier alpha value is -1.04. The minimum Gasteiger partial charge on any atom is -0.0914 e. The van der Waals surface area contributed by atoms with Crippen molar-refractivity contribution in [2.75, 3.05) is 0 Å². The highest BCUT2D eigenvalue weighted by atomic mass is 14.5. The zero-order valence-electron chi connectivity index (χ0n) is 14.1. The van der Waals surface area contributed by atoms with Gasteiger partial charge in [0.15, 0.2) is 0 Å². The van der Waals surface area contributed by atoms with Crippen LogP contribution in [-0.4, -0.2) is 0 Å². The third-order valence-corrected chi connectivity index (χ3v) is 7.01. The number of hydrogen-bond acceptors (Lipinski definition) is 0. The van der Waals surface area contributed by atoms with Crippen molar-refractivity contribution in [3.63, 3.8) is 0 Å². The molecule has 0 heterocycles. The summed E-state index contributed by atoms with van der Waals surface area (Å²) in [6.45, 7) is 4.54. The van der Waals surface area contributed by atoms with Crippen LogP contribution in [0, 0.1) is 47.3 Å². The van der Waals surface area contributed by atoms with Crippen molar-refractivity contribution in [1.29, 1.82) is 0 Å². The van der Waals surface area contributed by atoms with Gasteiger partial charge in [-0.05, 0) is 80.0 Å². The lowest BCUT2D eigenvalue weighted by Gasteiger charge is -2.18. The molecule has 0 spiro atoms. The first kappa shape index (κ1) is 14.5. The fraction of sp³-hybridized carbons (Fsp3) is 0.636. The van der Waals surface area contributed by atoms with Crippen LogP contribution < -0.4 is 0 Å². The largest absolute Gasteiger partial charge is 0.0914 e. The molecule has 118 valence electrons. The van der Waals surface area contributed by atoms with E-state index in [0.29, 0.717) is 0 Å². The third-order valence-electron chi connectivity index (χ3n) is 7.01. The van der Waals surface area contributed by atoms with Crippen LogP contribution >= 0.6 is 0 Å². The van der Waals surface area contributed by atoms with Crippen LogP contribution in [0.15, 0.2) is 48.6 Å². The molecule has 5 rings (SSSR count). The Balaban J connectivity index is 0.000000115. The van der Waals surface area contributed by atoms with E-state index in [9.17, 15) is 0 Å². The Kier molecular flexibility index (Phi) is 3.88. The smallest absolute Gasteiger partial charge is 0.0133 e. The molecule has 0 aromatic carbocycles. The lowest BCUT2D eigenvalue weighted by molar-refractivity contribution is 0.398. The lowest BCUT2D eigenvalue weighted by Crippen LogP contribution is -2.12. The van der Waals surface area contributed by atoms with E-state index in [1.54, 1.807) is 0 Å². The van der Waals surface area contributed by atoms with Gasteiger partial charge in [-0.1, -0.05) is 55.5 Å². The Morgan fingerprint density at radius 1 is 0.818 bits per heavy atom. The summed E-state index contributed by atoms with van der Waals surface area (Å²) in [5, 5.41) is 0. The zero-order valence-corrected chi connectivity index (χ0v) is 14.1. The quantitative estimate of drug-likeness (QED) is 0.536. The SMILES string of the molecule is C/C=C/C1CC(C)C2C=CCC12.C1=CC2C3C=CC(C3)C2C1. The van der Waals surface area contributed by atoms with Crippen molar-refractivity contribution in [1.82, 2.24) is 0 Å². The van der Waals surface area contributed by atoms with Gasteiger partial charge in [-0.15, -0.1) is 0 Å². The van der Waals surface area contributed by atoms with E-state index in [1.165, 1.54) is 25.7 Å². The molecule has 0 amide bonds. The number of allylic oxidation sites excluding steroid dienone is 8. The second kappa shape index (κ2) is 5.87. The normalized spacial score (nSPS) is 49.7. The zero-order chi connectivity index (χ0) is 15.1. The fourth-order valence-electron chi connectivity index (χ4n) is 5.97. The first-order chi connectivity index (χ1) is 10.8. The average molecular weight is 294 g/mol. The number of rotatable bonds is 1. The van der Waals surface area contributed by atoms with Gasteiger partial charge in [-0.25, -0.2) is 0 Å². The Morgan fingerprint density at radius 3 is 2.32 bits per heavy atom. The molecule has 0 nitrogen and oxygen atoms in total. The summed E-state index contributed by atoms with van der Waals surface area (Å²) in [5.74, 6) is 7.44. The molecule has 5 aliphatic rings. The van der Waals surface area contributed by atoms with Gasteiger partial charge in [0.05, 0.1) is 0 Å². The Labute approximate surface area is 136 Å². The van der Waals surface area contributed by atoms with Crippen LogP contribution in [-0.2, 0) is 0 Å². The molecule has 0 aromatic heterocycles. The summed E-state index contributed by atoms with van der Waals surface area (Å²) in [7, 11) is 0. The molecule has 0 heteroatoms. The fourth-order valence-corrected chi connectivity index (χ4v) is 5.97. The first-order valence-electron chi connectivity index (χ1n) is 9.42. The van der Waals surface area contributed by atoms with Crippen molar-refractivity contribution in [2.24, 2.45) is 47.3 Å². The van der Waals surface area contributed by atoms with Gasteiger partial charge in [0.2, 0.25) is 0 Å². The predicted octanol–water partition coefficient (Wildman–Crippen LogP) is 5.80. The van der Waals surface area contributed by atoms with Crippen molar-refractivity contribution < 1.29 is 0 Å². The standard InChI is InChI=1S/C12H18.C10H12/c1-3-5-10-8-9(2)11-6-4-7-12(10)11;1-2-9-7-4-5-8(6-7)10(9)3-1/h3-6,9-12H,7-8H2,1-2H3;1-2,4-5,7-10H,3,6H2/b5-3+;. The molecule has 8 unspecified atom stereocenters. The van der Waals surface area contributed by atoms with Gasteiger partial charge < -0.3 is 0 Å². The monoisotopic (exact) mass is 294 g/mol. The molecular weight excluding hydrogens is 264 g/mol. The summed E-state index contributed by atoms with van der Waals surface area (Å²) >= 11 is 0. The minimum absolute atomic E-state index is 0.866. The maximum Gasteiger partial charge on any atom is -0.0133 e. The molecule has 8 atom stereocenters. The highest BCUT2D eigenvalue weighted by Crippen LogP contribution is 2.52. The van der Waals surface area contributed by atoms with Crippen molar-refractivity contribution in [3.05, 3.63) is 48.6 Å². The minimum atomic E-state index is 0.866. The van der Waals surface area contributed by atoms with Gasteiger partial charge in [0.25, 0.3) is 0 Å². The van der Waals surface area contributed by atoms with E-state index < -0.39 is 0 Å². The first-order valence-corrected chi connectivity index (χ1v) is 9.42. The molecular formula is C22H30. The molecule has 2 fully saturated rings. The van der Waals surface area contributed by atoms with E-state index in [0.717, 1.165) is 47.3 Å².